The maximum atomic E-state index is 12.4. The maximum Gasteiger partial charge on any atom is 0.241 e. The number of hydrogen-bond donors (Lipinski definition) is 2. The Morgan fingerprint density at radius 3 is 2.62 bits per heavy atom. The van der Waals surface area contributed by atoms with Crippen LogP contribution in [0.15, 0.2) is 35.4 Å². The molecule has 2 aromatic rings. The first-order valence-electron chi connectivity index (χ1n) is 6.64. The van der Waals surface area contributed by atoms with Crippen LogP contribution in [0.1, 0.15) is 16.8 Å². The minimum atomic E-state index is -3.55. The Hall–Kier alpha value is -1.70. The Labute approximate surface area is 125 Å². The minimum absolute atomic E-state index is 0.179. The van der Waals surface area contributed by atoms with E-state index in [1.54, 1.807) is 37.0 Å². The van der Waals surface area contributed by atoms with Gasteiger partial charge in [0.15, 0.2) is 0 Å². The number of rotatable bonds is 6. The van der Waals surface area contributed by atoms with Gasteiger partial charge >= 0.3 is 0 Å². The molecule has 0 aliphatic heterocycles. The van der Waals surface area contributed by atoms with E-state index in [0.29, 0.717) is 17.1 Å². The molecule has 0 radical (unpaired) electrons. The molecule has 114 valence electrons. The van der Waals surface area contributed by atoms with Gasteiger partial charge in [0.2, 0.25) is 10.0 Å². The SMILES string of the molecule is CNCc1ccc(C)c(S(=O)(=O)NCc2ccn(C)n2)c1. The third-order valence-electron chi connectivity index (χ3n) is 3.14. The summed E-state index contributed by atoms with van der Waals surface area (Å²) < 4.78 is 29.1. The molecule has 6 nitrogen and oxygen atoms in total. The van der Waals surface area contributed by atoms with E-state index in [4.69, 9.17) is 0 Å². The molecule has 2 N–H and O–H groups in total. The summed E-state index contributed by atoms with van der Waals surface area (Å²) >= 11 is 0. The number of aromatic nitrogens is 2. The van der Waals surface area contributed by atoms with E-state index in [1.807, 2.05) is 19.2 Å². The predicted molar refractivity (Wildman–Crippen MR) is 81.2 cm³/mol. The number of hydrogen-bond acceptors (Lipinski definition) is 4. The van der Waals surface area contributed by atoms with Crippen LogP contribution in [0.4, 0.5) is 0 Å². The molecule has 0 bridgehead atoms. The van der Waals surface area contributed by atoms with E-state index in [-0.39, 0.29) is 6.54 Å². The van der Waals surface area contributed by atoms with Crippen LogP contribution in [-0.2, 0) is 30.2 Å². The number of nitrogens with zero attached hydrogens (tertiary/aromatic N) is 2. The van der Waals surface area contributed by atoms with Crippen molar-refractivity contribution in [3.8, 4) is 0 Å². The van der Waals surface area contributed by atoms with Crippen molar-refractivity contribution in [1.82, 2.24) is 19.8 Å². The van der Waals surface area contributed by atoms with Crippen LogP contribution in [0.2, 0.25) is 0 Å². The van der Waals surface area contributed by atoms with Crippen LogP contribution in [-0.4, -0.2) is 25.2 Å². The fourth-order valence-corrected chi connectivity index (χ4v) is 3.34. The van der Waals surface area contributed by atoms with Crippen LogP contribution in [0, 0.1) is 6.92 Å². The van der Waals surface area contributed by atoms with E-state index in [9.17, 15) is 8.42 Å². The van der Waals surface area contributed by atoms with Crippen molar-refractivity contribution in [3.05, 3.63) is 47.3 Å². The molecule has 0 aliphatic rings. The molecule has 0 amide bonds. The Morgan fingerprint density at radius 1 is 1.24 bits per heavy atom. The van der Waals surface area contributed by atoms with Gasteiger partial charge < -0.3 is 5.32 Å². The van der Waals surface area contributed by atoms with Gasteiger partial charge in [0, 0.05) is 19.8 Å². The molecule has 0 saturated heterocycles. The quantitative estimate of drug-likeness (QED) is 0.832. The van der Waals surface area contributed by atoms with E-state index < -0.39 is 10.0 Å². The van der Waals surface area contributed by atoms with Gasteiger partial charge in [-0.25, -0.2) is 13.1 Å². The zero-order valence-electron chi connectivity index (χ0n) is 12.4. The first-order chi connectivity index (χ1) is 9.92. The van der Waals surface area contributed by atoms with Crippen molar-refractivity contribution < 1.29 is 8.42 Å². The van der Waals surface area contributed by atoms with Gasteiger partial charge in [-0.1, -0.05) is 12.1 Å². The molecule has 0 spiro atoms. The summed E-state index contributed by atoms with van der Waals surface area (Å²) in [4.78, 5) is 0.311. The molecular weight excluding hydrogens is 288 g/mol. The molecule has 0 saturated carbocycles. The monoisotopic (exact) mass is 308 g/mol. The lowest BCUT2D eigenvalue weighted by molar-refractivity contribution is 0.578. The van der Waals surface area contributed by atoms with Gasteiger partial charge in [0.05, 0.1) is 17.1 Å². The van der Waals surface area contributed by atoms with E-state index >= 15 is 0 Å². The molecule has 1 heterocycles. The Morgan fingerprint density at radius 2 is 2.00 bits per heavy atom. The summed E-state index contributed by atoms with van der Waals surface area (Å²) in [5.41, 5.74) is 2.34. The molecule has 7 heteroatoms. The Kier molecular flexibility index (Phi) is 4.76. The summed E-state index contributed by atoms with van der Waals surface area (Å²) in [7, 11) is 0.0740. The molecule has 1 aromatic carbocycles. The molecule has 1 aromatic heterocycles. The lowest BCUT2D eigenvalue weighted by Gasteiger charge is -2.10. The van der Waals surface area contributed by atoms with Gasteiger partial charge in [-0.2, -0.15) is 5.10 Å². The molecule has 2 rings (SSSR count). The second kappa shape index (κ2) is 6.38. The van der Waals surface area contributed by atoms with Crippen LogP contribution in [0.3, 0.4) is 0 Å². The second-order valence-corrected chi connectivity index (χ2v) is 6.67. The van der Waals surface area contributed by atoms with Gasteiger partial charge in [0.1, 0.15) is 0 Å². The van der Waals surface area contributed by atoms with E-state index in [0.717, 1.165) is 11.1 Å². The fourth-order valence-electron chi connectivity index (χ4n) is 2.05. The molecule has 21 heavy (non-hydrogen) atoms. The Bertz CT molecular complexity index is 722. The zero-order chi connectivity index (χ0) is 15.5. The van der Waals surface area contributed by atoms with Crippen LogP contribution in [0.5, 0.6) is 0 Å². The highest BCUT2D eigenvalue weighted by Gasteiger charge is 2.17. The molecule has 0 fully saturated rings. The summed E-state index contributed by atoms with van der Waals surface area (Å²) in [6.45, 7) is 2.60. The lowest BCUT2D eigenvalue weighted by atomic mass is 10.1. The highest BCUT2D eigenvalue weighted by Crippen LogP contribution is 2.17. The van der Waals surface area contributed by atoms with E-state index in [2.05, 4.69) is 15.1 Å². The second-order valence-electron chi connectivity index (χ2n) is 4.94. The average molecular weight is 308 g/mol. The van der Waals surface area contributed by atoms with Gasteiger partial charge in [-0.3, -0.25) is 4.68 Å². The van der Waals surface area contributed by atoms with Crippen molar-refractivity contribution in [3.63, 3.8) is 0 Å². The van der Waals surface area contributed by atoms with Gasteiger partial charge in [-0.15, -0.1) is 0 Å². The molecule has 0 aliphatic carbocycles. The standard InChI is InChI=1S/C14H20N4O2S/c1-11-4-5-12(9-15-2)8-14(11)21(19,20)16-10-13-6-7-18(3)17-13/h4-8,15-16H,9-10H2,1-3H3. The van der Waals surface area contributed by atoms with Gasteiger partial charge in [-0.05, 0) is 37.2 Å². The van der Waals surface area contributed by atoms with Crippen molar-refractivity contribution >= 4 is 10.0 Å². The minimum Gasteiger partial charge on any atom is -0.316 e. The van der Waals surface area contributed by atoms with Crippen molar-refractivity contribution in [2.75, 3.05) is 7.05 Å². The normalized spacial score (nSPS) is 11.8. The van der Waals surface area contributed by atoms with Gasteiger partial charge in [0.25, 0.3) is 0 Å². The highest BCUT2D eigenvalue weighted by atomic mass is 32.2. The molecule has 0 atom stereocenters. The lowest BCUT2D eigenvalue weighted by Crippen LogP contribution is -2.24. The topological polar surface area (TPSA) is 76.0 Å². The van der Waals surface area contributed by atoms with Crippen molar-refractivity contribution in [1.29, 1.82) is 0 Å². The largest absolute Gasteiger partial charge is 0.316 e. The van der Waals surface area contributed by atoms with Crippen LogP contribution in [0.25, 0.3) is 0 Å². The van der Waals surface area contributed by atoms with Crippen LogP contribution < -0.4 is 10.0 Å². The highest BCUT2D eigenvalue weighted by molar-refractivity contribution is 7.89. The summed E-state index contributed by atoms with van der Waals surface area (Å²) in [5.74, 6) is 0. The summed E-state index contributed by atoms with van der Waals surface area (Å²) in [6, 6.07) is 7.23. The molecule has 0 unspecified atom stereocenters. The Balaban J connectivity index is 2.20. The number of nitrogens with one attached hydrogen (secondary N) is 2. The third kappa shape index (κ3) is 3.90. The fraction of sp³-hybridized carbons (Fsp3) is 0.357. The summed E-state index contributed by atoms with van der Waals surface area (Å²) in [5, 5.41) is 7.17. The first kappa shape index (κ1) is 15.7. The predicted octanol–water partition coefficient (Wildman–Crippen LogP) is 0.926. The maximum absolute atomic E-state index is 12.4. The van der Waals surface area contributed by atoms with Crippen LogP contribution >= 0.6 is 0 Å². The molecular formula is C14H20N4O2S. The zero-order valence-corrected chi connectivity index (χ0v) is 13.2. The number of aryl methyl sites for hydroxylation is 2. The third-order valence-corrected chi connectivity index (χ3v) is 4.68. The summed E-state index contributed by atoms with van der Waals surface area (Å²) in [6.07, 6.45) is 1.78. The average Bonchev–Trinajstić information content (AvgIpc) is 2.85. The smallest absolute Gasteiger partial charge is 0.241 e. The number of benzene rings is 1. The van der Waals surface area contributed by atoms with E-state index in [1.165, 1.54) is 0 Å². The number of sulfonamides is 1. The first-order valence-corrected chi connectivity index (χ1v) is 8.13. The van der Waals surface area contributed by atoms with Crippen molar-refractivity contribution in [2.24, 2.45) is 7.05 Å². The van der Waals surface area contributed by atoms with Crippen molar-refractivity contribution in [2.45, 2.75) is 24.9 Å².